The van der Waals surface area contributed by atoms with E-state index in [1.54, 1.807) is 42.5 Å². The van der Waals surface area contributed by atoms with Crippen molar-refractivity contribution < 1.29 is 0 Å². The molecule has 5 aromatic rings. The van der Waals surface area contributed by atoms with Gasteiger partial charge < -0.3 is 0 Å². The van der Waals surface area contributed by atoms with E-state index in [-0.39, 0.29) is 40.8 Å². The number of unbranched alkanes of at least 4 members (excludes halogenated alkanes) is 23. The third-order valence-corrected chi connectivity index (χ3v) is 42.6. The van der Waals surface area contributed by atoms with Gasteiger partial charge in [-0.3, -0.25) is 0 Å². The Morgan fingerprint density at radius 2 is 0.627 bits per heavy atom. The fourth-order valence-electron chi connectivity index (χ4n) is 14.7. The SMILES string of the molecule is CCCCCCCCC1(CCCCCCCC)c2cc3c(cc2-c2c1c[c]([Sn]([CH3])([CH3])[CH3])c1n[se]nc21)C(CCCCCCCC)(CCCCCCCC)c1c[c]([Sn]([CH2]CCC)([CH2]CCC)[CH2]CCC)c2n[se]nc2c1-3. The fraction of sp³-hybridized carbons (Fsp3) is 0.731. The van der Waals surface area contributed by atoms with Crippen molar-refractivity contribution in [3.8, 4) is 22.3 Å². The van der Waals surface area contributed by atoms with Gasteiger partial charge in [0.2, 0.25) is 0 Å². The van der Waals surface area contributed by atoms with Gasteiger partial charge in [-0.15, -0.1) is 0 Å². The number of aromatic nitrogens is 4. The van der Waals surface area contributed by atoms with E-state index in [0.29, 0.717) is 0 Å². The maximum absolute atomic E-state index is 5.75. The van der Waals surface area contributed by atoms with Crippen molar-refractivity contribution >= 4 is 95.9 Å². The fourth-order valence-corrected chi connectivity index (χ4v) is 38.8. The van der Waals surface area contributed by atoms with E-state index < -0.39 is 36.8 Å². The zero-order chi connectivity index (χ0) is 53.3. The number of hydrogen-bond donors (Lipinski definition) is 0. The van der Waals surface area contributed by atoms with Crippen LogP contribution in [0.5, 0.6) is 0 Å². The predicted octanol–water partition coefficient (Wildman–Crippen LogP) is 19.8. The topological polar surface area (TPSA) is 51.6 Å². The van der Waals surface area contributed by atoms with Crippen LogP contribution in [-0.4, -0.2) is 82.6 Å². The van der Waals surface area contributed by atoms with Crippen LogP contribution in [0.2, 0.25) is 28.1 Å². The number of rotatable bonds is 39. The number of nitrogens with zero attached hydrogens (tertiary/aromatic N) is 4. The van der Waals surface area contributed by atoms with Gasteiger partial charge in [-0.2, -0.15) is 0 Å². The Morgan fingerprint density at radius 1 is 0.333 bits per heavy atom. The van der Waals surface area contributed by atoms with Crippen molar-refractivity contribution in [3.63, 3.8) is 0 Å². The molecule has 0 bridgehead atoms. The summed E-state index contributed by atoms with van der Waals surface area (Å²) in [5.41, 5.74) is 18.3. The molecule has 7 rings (SSSR count). The van der Waals surface area contributed by atoms with Crippen LogP contribution >= 0.6 is 0 Å². The second-order valence-corrected chi connectivity index (χ2v) is 55.4. The summed E-state index contributed by atoms with van der Waals surface area (Å²) in [5.74, 6) is 0. The molecule has 0 amide bonds. The molecule has 0 spiro atoms. The number of fused-ring (bicyclic) bond motifs is 10. The normalized spacial score (nSPS) is 14.6. The Kier molecular flexibility index (Phi) is 25.3. The maximum atomic E-state index is 5.75. The summed E-state index contributed by atoms with van der Waals surface area (Å²) in [4.78, 5) is 7.93. The van der Waals surface area contributed by atoms with Crippen LogP contribution in [0.3, 0.4) is 0 Å². The van der Waals surface area contributed by atoms with Crippen LogP contribution in [0, 0.1) is 0 Å². The average Bonchev–Trinajstić information content (AvgIpc) is 4.20. The minimum absolute atomic E-state index is 0.00811. The number of hydrogen-bond acceptors (Lipinski definition) is 4. The second-order valence-electron chi connectivity index (χ2n) is 25.6. The van der Waals surface area contributed by atoms with E-state index in [9.17, 15) is 0 Å². The third kappa shape index (κ3) is 14.2. The van der Waals surface area contributed by atoms with E-state index >= 15 is 0 Å². The summed E-state index contributed by atoms with van der Waals surface area (Å²) in [6, 6.07) is 11.6. The van der Waals surface area contributed by atoms with Crippen molar-refractivity contribution in [1.82, 2.24) is 15.9 Å². The molecular weight excluding hydrogens is 1260 g/mol. The summed E-state index contributed by atoms with van der Waals surface area (Å²) in [6.07, 6.45) is 45.4. The van der Waals surface area contributed by atoms with Crippen molar-refractivity contribution in [2.24, 2.45) is 0 Å². The molecule has 2 heterocycles. The zero-order valence-electron chi connectivity index (χ0n) is 50.1. The van der Waals surface area contributed by atoms with Crippen LogP contribution < -0.4 is 7.16 Å². The first kappa shape index (κ1) is 62.1. The first-order valence-corrected chi connectivity index (χ1v) is 52.9. The molecule has 75 heavy (non-hydrogen) atoms. The van der Waals surface area contributed by atoms with Crippen molar-refractivity contribution in [1.29, 1.82) is 0 Å². The van der Waals surface area contributed by atoms with E-state index in [0.717, 1.165) is 0 Å². The standard InChI is InChI=1S/C52H72N4Se2.3C4H9.3CH3.2Sn/c1-5-9-13-17-21-25-33-51(34-26-22-18-14-10-6-2)41-29-31-45-49(55-57-53-45)47(41)39-38-44-40(37-43(39)51)48-42(30-32-46-50(48)56-58-54-46)52(44,35-27-23-19-15-11-7-3)36-28-24-20-16-12-8-4;3*1-3-4-2;;;;;/h29-30,37-38H,5-28,33-36H2,1-4H3;3*1,3-4H2,2H3;3*1H3;;. The molecular formula is C67H108N4Se2Sn2. The Bertz CT molecular complexity index is 2460. The molecule has 0 unspecified atom stereocenters. The van der Waals surface area contributed by atoms with E-state index in [1.807, 2.05) is 3.58 Å². The minimum atomic E-state index is -3.01. The van der Waals surface area contributed by atoms with Crippen molar-refractivity contribution in [2.45, 2.75) is 306 Å². The van der Waals surface area contributed by atoms with E-state index in [2.05, 4.69) is 87.6 Å². The molecule has 2 aromatic heterocycles. The summed E-state index contributed by atoms with van der Waals surface area (Å²) >= 11 is -5.83. The van der Waals surface area contributed by atoms with Gasteiger partial charge >= 0.3 is 486 Å². The first-order valence-electron chi connectivity index (χ1n) is 32.4. The molecule has 4 nitrogen and oxygen atoms in total. The van der Waals surface area contributed by atoms with E-state index in [1.165, 1.54) is 259 Å². The molecule has 0 fully saturated rings. The van der Waals surface area contributed by atoms with Crippen LogP contribution in [-0.2, 0) is 10.8 Å². The van der Waals surface area contributed by atoms with Crippen LogP contribution in [0.15, 0.2) is 24.3 Å². The van der Waals surface area contributed by atoms with Crippen LogP contribution in [0.4, 0.5) is 0 Å². The van der Waals surface area contributed by atoms with Gasteiger partial charge in [0.1, 0.15) is 0 Å². The molecule has 0 saturated carbocycles. The molecule has 0 N–H and O–H groups in total. The molecule has 416 valence electrons. The molecule has 0 aliphatic heterocycles. The van der Waals surface area contributed by atoms with Crippen LogP contribution in [0.25, 0.3) is 44.3 Å². The van der Waals surface area contributed by atoms with Gasteiger partial charge in [-0.1, -0.05) is 0 Å². The molecule has 8 heteroatoms. The first-order chi connectivity index (χ1) is 36.6. The summed E-state index contributed by atoms with van der Waals surface area (Å²) < 4.78 is 30.3. The molecule has 2 aliphatic carbocycles. The zero-order valence-corrected chi connectivity index (χ0v) is 59.2. The predicted molar refractivity (Wildman–Crippen MR) is 338 cm³/mol. The second kappa shape index (κ2) is 30.5. The van der Waals surface area contributed by atoms with Gasteiger partial charge in [0.15, 0.2) is 0 Å². The Morgan fingerprint density at radius 3 is 0.960 bits per heavy atom. The average molecular weight is 1360 g/mol. The molecule has 2 aliphatic rings. The third-order valence-electron chi connectivity index (χ3n) is 19.1. The molecule has 0 radical (unpaired) electrons. The molecule has 0 atom stereocenters. The van der Waals surface area contributed by atoms with Gasteiger partial charge in [-0.05, 0) is 0 Å². The Hall–Kier alpha value is -0.504. The molecule has 0 saturated heterocycles. The van der Waals surface area contributed by atoms with Crippen molar-refractivity contribution in [3.05, 3.63) is 46.5 Å². The number of benzene rings is 3. The van der Waals surface area contributed by atoms with Gasteiger partial charge in [-0.25, -0.2) is 0 Å². The monoisotopic (exact) mass is 1370 g/mol. The Labute approximate surface area is 481 Å². The van der Waals surface area contributed by atoms with Crippen LogP contribution in [0.1, 0.15) is 289 Å². The van der Waals surface area contributed by atoms with Gasteiger partial charge in [0.25, 0.3) is 0 Å². The Balaban J connectivity index is 1.55. The van der Waals surface area contributed by atoms with Crippen molar-refractivity contribution in [2.75, 3.05) is 0 Å². The van der Waals surface area contributed by atoms with Gasteiger partial charge in [0.05, 0.1) is 0 Å². The summed E-state index contributed by atoms with van der Waals surface area (Å²) in [5, 5.41) is 0. The van der Waals surface area contributed by atoms with E-state index in [4.69, 9.17) is 15.9 Å². The summed E-state index contributed by atoms with van der Waals surface area (Å²) in [6.45, 7) is 16.8. The quantitative estimate of drug-likeness (QED) is 0.0291. The molecule has 3 aromatic carbocycles. The van der Waals surface area contributed by atoms with Gasteiger partial charge in [0, 0.05) is 0 Å². The summed E-state index contributed by atoms with van der Waals surface area (Å²) in [7, 11) is 0.